The minimum Gasteiger partial charge on any atom is -0.348 e. The molecule has 1 rings (SSSR count). The zero-order chi connectivity index (χ0) is 13.0. The highest BCUT2D eigenvalue weighted by Gasteiger charge is 2.10. The van der Waals surface area contributed by atoms with Crippen LogP contribution in [0.5, 0.6) is 0 Å². The van der Waals surface area contributed by atoms with Crippen LogP contribution < -0.4 is 5.32 Å². The molecule has 1 aromatic carbocycles. The van der Waals surface area contributed by atoms with Gasteiger partial charge in [-0.05, 0) is 51.7 Å². The largest absolute Gasteiger partial charge is 0.348 e. The molecule has 0 bridgehead atoms. The first kappa shape index (κ1) is 14.2. The molecule has 1 atom stereocenters. The third-order valence-electron chi connectivity index (χ3n) is 2.44. The molecule has 1 N–H and O–H groups in total. The lowest BCUT2D eigenvalue weighted by Gasteiger charge is -2.18. The van der Waals surface area contributed by atoms with Gasteiger partial charge in [-0.15, -0.1) is 0 Å². The van der Waals surface area contributed by atoms with Crippen LogP contribution >= 0.6 is 15.9 Å². The van der Waals surface area contributed by atoms with Gasteiger partial charge >= 0.3 is 0 Å². The van der Waals surface area contributed by atoms with Crippen molar-refractivity contribution in [2.45, 2.75) is 19.9 Å². The Balaban J connectivity index is 2.66. The van der Waals surface area contributed by atoms with Crippen molar-refractivity contribution in [2.24, 2.45) is 0 Å². The van der Waals surface area contributed by atoms with Gasteiger partial charge < -0.3 is 10.2 Å². The van der Waals surface area contributed by atoms with Crippen molar-refractivity contribution >= 4 is 21.8 Å². The lowest BCUT2D eigenvalue weighted by molar-refractivity contribution is 0.0934. The minimum atomic E-state index is -0.0186. The number of hydrogen-bond acceptors (Lipinski definition) is 2. The summed E-state index contributed by atoms with van der Waals surface area (Å²) in [5, 5.41) is 2.98. The number of benzene rings is 1. The van der Waals surface area contributed by atoms with Crippen molar-refractivity contribution in [1.82, 2.24) is 10.2 Å². The van der Waals surface area contributed by atoms with E-state index in [1.165, 1.54) is 0 Å². The molecule has 0 saturated heterocycles. The number of halogens is 1. The number of nitrogens with zero attached hydrogens (tertiary/aromatic N) is 1. The van der Waals surface area contributed by atoms with Crippen molar-refractivity contribution in [1.29, 1.82) is 0 Å². The molecule has 0 saturated carbocycles. The summed E-state index contributed by atoms with van der Waals surface area (Å²) in [4.78, 5) is 14.0. The number of amides is 1. The Bertz CT molecular complexity index is 404. The number of rotatable bonds is 4. The summed E-state index contributed by atoms with van der Waals surface area (Å²) in [5.41, 5.74) is 1.77. The van der Waals surface area contributed by atoms with E-state index in [-0.39, 0.29) is 11.9 Å². The van der Waals surface area contributed by atoms with Crippen LogP contribution in [0.15, 0.2) is 22.7 Å². The fraction of sp³-hybridized carbons (Fsp3) is 0.462. The molecule has 0 radical (unpaired) electrons. The van der Waals surface area contributed by atoms with Crippen molar-refractivity contribution in [2.75, 3.05) is 20.6 Å². The Morgan fingerprint density at radius 1 is 1.47 bits per heavy atom. The topological polar surface area (TPSA) is 32.3 Å². The predicted octanol–water partition coefficient (Wildman–Crippen LogP) is 2.44. The summed E-state index contributed by atoms with van der Waals surface area (Å²) in [6.45, 7) is 4.81. The lowest BCUT2D eigenvalue weighted by Crippen LogP contribution is -2.39. The van der Waals surface area contributed by atoms with Crippen LogP contribution in [-0.4, -0.2) is 37.5 Å². The quantitative estimate of drug-likeness (QED) is 0.926. The van der Waals surface area contributed by atoms with Crippen LogP contribution in [0.3, 0.4) is 0 Å². The molecule has 0 spiro atoms. The second-order valence-corrected chi connectivity index (χ2v) is 5.46. The zero-order valence-corrected chi connectivity index (χ0v) is 12.3. The summed E-state index contributed by atoms with van der Waals surface area (Å²) >= 11 is 3.42. The summed E-state index contributed by atoms with van der Waals surface area (Å²) in [6.07, 6.45) is 0. The van der Waals surface area contributed by atoms with E-state index in [0.29, 0.717) is 5.56 Å². The average molecular weight is 299 g/mol. The van der Waals surface area contributed by atoms with Gasteiger partial charge in [0.25, 0.3) is 5.91 Å². The predicted molar refractivity (Wildman–Crippen MR) is 74.4 cm³/mol. The Labute approximate surface area is 111 Å². The smallest absolute Gasteiger partial charge is 0.251 e. The van der Waals surface area contributed by atoms with E-state index >= 15 is 0 Å². The van der Waals surface area contributed by atoms with Gasteiger partial charge in [-0.25, -0.2) is 0 Å². The molecule has 0 aliphatic heterocycles. The first-order valence-corrected chi connectivity index (χ1v) is 6.41. The maximum Gasteiger partial charge on any atom is 0.251 e. The molecule has 0 heterocycles. The van der Waals surface area contributed by atoms with Crippen molar-refractivity contribution < 1.29 is 4.79 Å². The highest BCUT2D eigenvalue weighted by Crippen LogP contribution is 2.17. The van der Waals surface area contributed by atoms with Crippen LogP contribution in [0.4, 0.5) is 0 Å². The summed E-state index contributed by atoms with van der Waals surface area (Å²) in [5.74, 6) is -0.0186. The standard InChI is InChI=1S/C13H19BrN2O/c1-9-7-11(5-6-12(9)14)13(17)15-10(2)8-16(3)4/h5-7,10H,8H2,1-4H3,(H,15,17). The highest BCUT2D eigenvalue weighted by atomic mass is 79.9. The normalized spacial score (nSPS) is 12.6. The molecule has 1 unspecified atom stereocenters. The highest BCUT2D eigenvalue weighted by molar-refractivity contribution is 9.10. The molecule has 4 heteroatoms. The fourth-order valence-electron chi connectivity index (χ4n) is 1.69. The number of carbonyl (C=O) groups is 1. The second-order valence-electron chi connectivity index (χ2n) is 4.60. The molecular formula is C13H19BrN2O. The van der Waals surface area contributed by atoms with Gasteiger partial charge in [0.15, 0.2) is 0 Å². The Kier molecular flexibility index (Phi) is 5.15. The van der Waals surface area contributed by atoms with Gasteiger partial charge in [-0.1, -0.05) is 15.9 Å². The number of likely N-dealkylation sites (N-methyl/N-ethyl adjacent to an activating group) is 1. The monoisotopic (exact) mass is 298 g/mol. The van der Waals surface area contributed by atoms with Crippen LogP contribution in [0, 0.1) is 6.92 Å². The SMILES string of the molecule is Cc1cc(C(=O)NC(C)CN(C)C)ccc1Br. The maximum absolute atomic E-state index is 12.0. The molecule has 3 nitrogen and oxygen atoms in total. The molecular weight excluding hydrogens is 280 g/mol. The molecule has 0 fully saturated rings. The van der Waals surface area contributed by atoms with Gasteiger partial charge in [-0.3, -0.25) is 4.79 Å². The van der Waals surface area contributed by atoms with Crippen molar-refractivity contribution in [3.05, 3.63) is 33.8 Å². The molecule has 0 aliphatic carbocycles. The summed E-state index contributed by atoms with van der Waals surface area (Å²) < 4.78 is 1.02. The van der Waals surface area contributed by atoms with E-state index in [1.807, 2.05) is 46.1 Å². The minimum absolute atomic E-state index is 0.0186. The van der Waals surface area contributed by atoms with Crippen molar-refractivity contribution in [3.8, 4) is 0 Å². The van der Waals surface area contributed by atoms with E-state index in [9.17, 15) is 4.79 Å². The van der Waals surface area contributed by atoms with E-state index in [1.54, 1.807) is 0 Å². The van der Waals surface area contributed by atoms with E-state index in [0.717, 1.165) is 16.6 Å². The second kappa shape index (κ2) is 6.17. The van der Waals surface area contributed by atoms with Gasteiger partial charge in [0.1, 0.15) is 0 Å². The van der Waals surface area contributed by atoms with Gasteiger partial charge in [0.2, 0.25) is 0 Å². The van der Waals surface area contributed by atoms with Gasteiger partial charge in [-0.2, -0.15) is 0 Å². The Hall–Kier alpha value is -0.870. The van der Waals surface area contributed by atoms with Crippen LogP contribution in [0.25, 0.3) is 0 Å². The Morgan fingerprint density at radius 3 is 2.65 bits per heavy atom. The first-order valence-electron chi connectivity index (χ1n) is 5.62. The first-order chi connectivity index (χ1) is 7.90. The number of aryl methyl sites for hydroxylation is 1. The van der Waals surface area contributed by atoms with Gasteiger partial charge in [0.05, 0.1) is 0 Å². The maximum atomic E-state index is 12.0. The number of carbonyl (C=O) groups excluding carboxylic acids is 1. The van der Waals surface area contributed by atoms with Gasteiger partial charge in [0, 0.05) is 22.6 Å². The third-order valence-corrected chi connectivity index (χ3v) is 3.33. The summed E-state index contributed by atoms with van der Waals surface area (Å²) in [7, 11) is 3.98. The van der Waals surface area contributed by atoms with E-state index < -0.39 is 0 Å². The third kappa shape index (κ3) is 4.48. The molecule has 0 aliphatic rings. The average Bonchev–Trinajstić information content (AvgIpc) is 2.20. The number of nitrogens with one attached hydrogen (secondary N) is 1. The van der Waals surface area contributed by atoms with E-state index in [4.69, 9.17) is 0 Å². The number of hydrogen-bond donors (Lipinski definition) is 1. The molecule has 94 valence electrons. The molecule has 17 heavy (non-hydrogen) atoms. The van der Waals surface area contributed by atoms with E-state index in [2.05, 4.69) is 26.1 Å². The van der Waals surface area contributed by atoms with Crippen LogP contribution in [-0.2, 0) is 0 Å². The summed E-state index contributed by atoms with van der Waals surface area (Å²) in [6, 6.07) is 5.76. The molecule has 1 aromatic rings. The molecule has 1 amide bonds. The zero-order valence-electron chi connectivity index (χ0n) is 10.7. The lowest BCUT2D eigenvalue weighted by atomic mass is 10.1. The van der Waals surface area contributed by atoms with Crippen molar-refractivity contribution in [3.63, 3.8) is 0 Å². The van der Waals surface area contributed by atoms with Crippen LogP contribution in [0.1, 0.15) is 22.8 Å². The fourth-order valence-corrected chi connectivity index (χ4v) is 1.93. The van der Waals surface area contributed by atoms with Crippen LogP contribution in [0.2, 0.25) is 0 Å². The molecule has 0 aromatic heterocycles. The Morgan fingerprint density at radius 2 is 2.12 bits per heavy atom.